The Bertz CT molecular complexity index is 678. The summed E-state index contributed by atoms with van der Waals surface area (Å²) in [4.78, 5) is 4.82. The van der Waals surface area contributed by atoms with Crippen LogP contribution in [-0.2, 0) is 0 Å². The molecule has 1 aliphatic heterocycles. The molecule has 0 aliphatic carbocycles. The van der Waals surface area contributed by atoms with E-state index in [2.05, 4.69) is 27.1 Å². The Hall–Kier alpha value is -2.53. The number of anilines is 1. The van der Waals surface area contributed by atoms with Crippen LogP contribution in [0.2, 0.25) is 0 Å². The zero-order valence-corrected chi connectivity index (χ0v) is 14.6. The zero-order valence-electron chi connectivity index (χ0n) is 14.6. The number of rotatable bonds is 6. The van der Waals surface area contributed by atoms with Crippen molar-refractivity contribution >= 4 is 11.4 Å². The fourth-order valence-electron chi connectivity index (χ4n) is 3.17. The smallest absolute Gasteiger partial charge is 0.119 e. The number of nitrogens with zero attached hydrogens (tertiary/aromatic N) is 3. The summed E-state index contributed by atoms with van der Waals surface area (Å²) < 4.78 is 5.22. The Balaban J connectivity index is 1.49. The molecule has 2 aromatic rings. The lowest BCUT2D eigenvalue weighted by Gasteiger charge is -2.36. The summed E-state index contributed by atoms with van der Waals surface area (Å²) in [7, 11) is 1.69. The molecule has 25 heavy (non-hydrogen) atoms. The van der Waals surface area contributed by atoms with E-state index in [1.165, 1.54) is 5.69 Å². The predicted octanol–water partition coefficient (Wildman–Crippen LogP) is 3.09. The van der Waals surface area contributed by atoms with Crippen molar-refractivity contribution in [3.8, 4) is 5.75 Å². The van der Waals surface area contributed by atoms with Gasteiger partial charge in [0.05, 0.1) is 12.8 Å². The maximum atomic E-state index is 9.29. The fourth-order valence-corrected chi connectivity index (χ4v) is 3.17. The van der Waals surface area contributed by atoms with Gasteiger partial charge in [-0.05, 0) is 29.8 Å². The number of benzene rings is 2. The van der Waals surface area contributed by atoms with Crippen molar-refractivity contribution in [3.63, 3.8) is 0 Å². The Morgan fingerprint density at radius 1 is 1.00 bits per heavy atom. The van der Waals surface area contributed by atoms with Crippen LogP contribution >= 0.6 is 0 Å². The Morgan fingerprint density at radius 3 is 2.28 bits per heavy atom. The van der Waals surface area contributed by atoms with Crippen LogP contribution in [0.15, 0.2) is 59.8 Å². The van der Waals surface area contributed by atoms with Gasteiger partial charge in [0.2, 0.25) is 0 Å². The highest BCUT2D eigenvalue weighted by atomic mass is 16.5. The average molecular weight is 339 g/mol. The normalized spacial score (nSPS) is 16.0. The molecule has 0 unspecified atom stereocenters. The molecule has 0 saturated carbocycles. The van der Waals surface area contributed by atoms with E-state index in [1.807, 2.05) is 42.5 Å². The minimum atomic E-state index is 0.748. The lowest BCUT2D eigenvalue weighted by Crippen LogP contribution is -2.46. The maximum absolute atomic E-state index is 9.29. The summed E-state index contributed by atoms with van der Waals surface area (Å²) in [6.45, 7) is 4.94. The van der Waals surface area contributed by atoms with Crippen molar-refractivity contribution in [1.29, 1.82) is 0 Å². The minimum absolute atomic E-state index is 0.748. The van der Waals surface area contributed by atoms with E-state index >= 15 is 0 Å². The van der Waals surface area contributed by atoms with E-state index in [9.17, 15) is 5.21 Å². The molecule has 0 bridgehead atoms. The number of ether oxygens (including phenoxy) is 1. The monoisotopic (exact) mass is 339 g/mol. The van der Waals surface area contributed by atoms with Crippen LogP contribution < -0.4 is 9.64 Å². The molecule has 1 fully saturated rings. The first-order valence-electron chi connectivity index (χ1n) is 8.68. The van der Waals surface area contributed by atoms with E-state index in [0.29, 0.717) is 0 Å². The van der Waals surface area contributed by atoms with Crippen molar-refractivity contribution in [2.45, 2.75) is 6.42 Å². The van der Waals surface area contributed by atoms with Gasteiger partial charge in [-0.1, -0.05) is 35.5 Å². The molecule has 5 nitrogen and oxygen atoms in total. The molecule has 1 N–H and O–H groups in total. The van der Waals surface area contributed by atoms with Crippen LogP contribution in [0.1, 0.15) is 12.0 Å². The second kappa shape index (κ2) is 8.53. The summed E-state index contributed by atoms with van der Waals surface area (Å²) in [6, 6.07) is 18.1. The van der Waals surface area contributed by atoms with Gasteiger partial charge in [0, 0.05) is 44.8 Å². The highest BCUT2D eigenvalue weighted by Crippen LogP contribution is 2.20. The first-order valence-corrected chi connectivity index (χ1v) is 8.68. The number of hydrogen-bond acceptors (Lipinski definition) is 5. The first-order chi connectivity index (χ1) is 12.3. The van der Waals surface area contributed by atoms with Gasteiger partial charge in [-0.25, -0.2) is 0 Å². The maximum Gasteiger partial charge on any atom is 0.119 e. The van der Waals surface area contributed by atoms with Crippen LogP contribution in [0, 0.1) is 0 Å². The molecule has 0 aromatic heterocycles. The molecular weight excluding hydrogens is 314 g/mol. The summed E-state index contributed by atoms with van der Waals surface area (Å²) in [5.74, 6) is 0.888. The SMILES string of the molecule is COc1ccc(N2CCN(CC/C(=N/O)c3ccccc3)CC2)cc1. The van der Waals surface area contributed by atoms with Crippen molar-refractivity contribution in [1.82, 2.24) is 4.90 Å². The lowest BCUT2D eigenvalue weighted by molar-refractivity contribution is 0.262. The van der Waals surface area contributed by atoms with Crippen LogP contribution in [0.5, 0.6) is 5.75 Å². The number of hydrogen-bond donors (Lipinski definition) is 1. The Morgan fingerprint density at radius 2 is 1.68 bits per heavy atom. The van der Waals surface area contributed by atoms with Gasteiger partial charge in [-0.2, -0.15) is 0 Å². The van der Waals surface area contributed by atoms with E-state index in [0.717, 1.165) is 56.2 Å². The quantitative estimate of drug-likeness (QED) is 0.499. The molecule has 5 heteroatoms. The summed E-state index contributed by atoms with van der Waals surface area (Å²) in [6.07, 6.45) is 0.753. The first kappa shape index (κ1) is 17.3. The van der Waals surface area contributed by atoms with Crippen LogP contribution in [-0.4, -0.2) is 55.7 Å². The van der Waals surface area contributed by atoms with Gasteiger partial charge < -0.3 is 14.8 Å². The van der Waals surface area contributed by atoms with Gasteiger partial charge in [0.1, 0.15) is 5.75 Å². The Kier molecular flexibility index (Phi) is 5.90. The molecule has 3 rings (SSSR count). The van der Waals surface area contributed by atoms with Gasteiger partial charge >= 0.3 is 0 Å². The average Bonchev–Trinajstić information content (AvgIpc) is 2.70. The molecule has 1 aliphatic rings. The van der Waals surface area contributed by atoms with Gasteiger partial charge in [-0.15, -0.1) is 0 Å². The van der Waals surface area contributed by atoms with Crippen LogP contribution in [0.4, 0.5) is 5.69 Å². The lowest BCUT2D eigenvalue weighted by atomic mass is 10.1. The second-order valence-electron chi connectivity index (χ2n) is 6.19. The molecule has 132 valence electrons. The third-order valence-electron chi connectivity index (χ3n) is 4.70. The second-order valence-corrected chi connectivity index (χ2v) is 6.19. The topological polar surface area (TPSA) is 48.3 Å². The number of oxime groups is 1. The van der Waals surface area contributed by atoms with Crippen molar-refractivity contribution < 1.29 is 9.94 Å². The number of methoxy groups -OCH3 is 1. The van der Waals surface area contributed by atoms with E-state index in [-0.39, 0.29) is 0 Å². The number of piperazine rings is 1. The van der Waals surface area contributed by atoms with Gasteiger partial charge in [0.15, 0.2) is 0 Å². The predicted molar refractivity (Wildman–Crippen MR) is 101 cm³/mol. The summed E-state index contributed by atoms with van der Waals surface area (Å²) in [5, 5.41) is 12.8. The van der Waals surface area contributed by atoms with E-state index in [4.69, 9.17) is 4.74 Å². The molecule has 0 amide bonds. The standard InChI is InChI=1S/C20H25N3O2/c1-25-19-9-7-18(8-10-19)23-15-13-22(14-16-23)12-11-20(21-24)17-5-3-2-4-6-17/h2-10,24H,11-16H2,1H3/b21-20-. The summed E-state index contributed by atoms with van der Waals surface area (Å²) in [5.41, 5.74) is 2.97. The molecule has 0 radical (unpaired) electrons. The van der Waals surface area contributed by atoms with Crippen molar-refractivity contribution in [2.75, 3.05) is 44.7 Å². The van der Waals surface area contributed by atoms with Crippen molar-refractivity contribution in [2.24, 2.45) is 5.16 Å². The highest BCUT2D eigenvalue weighted by molar-refractivity contribution is 6.00. The molecule has 2 aromatic carbocycles. The van der Waals surface area contributed by atoms with Crippen molar-refractivity contribution in [3.05, 3.63) is 60.2 Å². The largest absolute Gasteiger partial charge is 0.497 e. The van der Waals surface area contributed by atoms with E-state index < -0.39 is 0 Å². The third kappa shape index (κ3) is 4.51. The highest BCUT2D eigenvalue weighted by Gasteiger charge is 2.18. The molecule has 1 saturated heterocycles. The Labute approximate surface area is 149 Å². The third-order valence-corrected chi connectivity index (χ3v) is 4.70. The zero-order chi connectivity index (χ0) is 17.5. The molecule has 1 heterocycles. The fraction of sp³-hybridized carbons (Fsp3) is 0.350. The molecule has 0 atom stereocenters. The van der Waals surface area contributed by atoms with Gasteiger partial charge in [-0.3, -0.25) is 4.90 Å². The summed E-state index contributed by atoms with van der Waals surface area (Å²) >= 11 is 0. The molecular formula is C20H25N3O2. The van der Waals surface area contributed by atoms with Crippen LogP contribution in [0.3, 0.4) is 0 Å². The van der Waals surface area contributed by atoms with Gasteiger partial charge in [0.25, 0.3) is 0 Å². The minimum Gasteiger partial charge on any atom is -0.497 e. The van der Waals surface area contributed by atoms with E-state index in [1.54, 1.807) is 7.11 Å². The molecule has 0 spiro atoms. The van der Waals surface area contributed by atoms with Crippen LogP contribution in [0.25, 0.3) is 0 Å².